The predicted octanol–water partition coefficient (Wildman–Crippen LogP) is 11.3. The summed E-state index contributed by atoms with van der Waals surface area (Å²) in [6.07, 6.45) is 31.2. The van der Waals surface area contributed by atoms with E-state index in [1.54, 1.807) is 6.07 Å². The van der Waals surface area contributed by atoms with Crippen LogP contribution < -0.4 is 0 Å². The lowest BCUT2D eigenvalue weighted by Crippen LogP contribution is -2.49. The molecule has 1 aromatic carbocycles. The average molecular weight is 608 g/mol. The first-order valence-corrected chi connectivity index (χ1v) is 19.7. The van der Waals surface area contributed by atoms with Crippen molar-refractivity contribution in [3.05, 3.63) is 29.8 Å². The molecule has 0 heterocycles. The summed E-state index contributed by atoms with van der Waals surface area (Å²) < 4.78 is 37.5. The Balaban J connectivity index is 2.93. The van der Waals surface area contributed by atoms with Gasteiger partial charge in [0.2, 0.25) is 0 Å². The second kappa shape index (κ2) is 25.4. The molecule has 42 heavy (non-hydrogen) atoms. The second-order valence-corrected chi connectivity index (χ2v) is 14.5. The molecule has 0 saturated carbocycles. The minimum absolute atomic E-state index is 0.00438. The Bertz CT molecular complexity index is 804. The second-order valence-electron chi connectivity index (χ2n) is 13.2. The standard InChI is InChI=1S/C37H69NO3S/c1-4-7-10-13-16-19-22-27-32-38(33-28-23-20-17-14-11-8-5-2,34-29-24-21-18-15-12-9-6-3)35-36-30-25-26-31-37(36)42(39,40)41/h25-26,30-31H,4-24,27-29,32-35H2,1-3H3. The van der Waals surface area contributed by atoms with E-state index in [2.05, 4.69) is 20.8 Å². The maximum Gasteiger partial charge on any atom is 0.124 e. The van der Waals surface area contributed by atoms with Crippen molar-refractivity contribution in [3.63, 3.8) is 0 Å². The summed E-state index contributed by atoms with van der Waals surface area (Å²) in [5.74, 6) is 0. The molecule has 4 nitrogen and oxygen atoms in total. The molecular formula is C37H69NO3S. The van der Waals surface area contributed by atoms with Gasteiger partial charge in [-0.15, -0.1) is 0 Å². The summed E-state index contributed by atoms with van der Waals surface area (Å²) in [6.45, 7) is 10.8. The lowest BCUT2D eigenvalue weighted by molar-refractivity contribution is -0.941. The topological polar surface area (TPSA) is 57.2 Å². The average Bonchev–Trinajstić information content (AvgIpc) is 2.97. The van der Waals surface area contributed by atoms with Gasteiger partial charge in [0.25, 0.3) is 0 Å². The zero-order valence-corrected chi connectivity index (χ0v) is 29.0. The summed E-state index contributed by atoms with van der Waals surface area (Å²) in [6, 6.07) is 7.02. The third-order valence-electron chi connectivity index (χ3n) is 9.21. The monoisotopic (exact) mass is 607 g/mol. The smallest absolute Gasteiger partial charge is 0.124 e. The van der Waals surface area contributed by atoms with Gasteiger partial charge in [-0.05, 0) is 44.6 Å². The van der Waals surface area contributed by atoms with E-state index in [-0.39, 0.29) is 4.90 Å². The van der Waals surface area contributed by atoms with Crippen LogP contribution in [-0.2, 0) is 16.7 Å². The number of quaternary nitrogens is 1. The lowest BCUT2D eigenvalue weighted by Gasteiger charge is -2.40. The van der Waals surface area contributed by atoms with Gasteiger partial charge in [0.15, 0.2) is 0 Å². The van der Waals surface area contributed by atoms with Crippen molar-refractivity contribution in [1.82, 2.24) is 0 Å². The van der Waals surface area contributed by atoms with Crippen molar-refractivity contribution < 1.29 is 17.5 Å². The molecular weight excluding hydrogens is 538 g/mol. The highest BCUT2D eigenvalue weighted by Gasteiger charge is 2.28. The van der Waals surface area contributed by atoms with Crippen LogP contribution in [-0.4, -0.2) is 37.1 Å². The van der Waals surface area contributed by atoms with Gasteiger partial charge < -0.3 is 9.04 Å². The van der Waals surface area contributed by atoms with Crippen molar-refractivity contribution in [2.24, 2.45) is 0 Å². The van der Waals surface area contributed by atoms with Crippen LogP contribution in [0.1, 0.15) is 180 Å². The Morgan fingerprint density at radius 3 is 1.14 bits per heavy atom. The van der Waals surface area contributed by atoms with E-state index in [0.29, 0.717) is 6.54 Å². The Morgan fingerprint density at radius 1 is 0.500 bits per heavy atom. The van der Waals surface area contributed by atoms with Gasteiger partial charge in [-0.25, -0.2) is 8.42 Å². The highest BCUT2D eigenvalue weighted by atomic mass is 32.2. The Labute approximate surface area is 262 Å². The van der Waals surface area contributed by atoms with Gasteiger partial charge in [-0.2, -0.15) is 0 Å². The number of rotatable bonds is 30. The summed E-state index contributed by atoms with van der Waals surface area (Å²) >= 11 is 0. The largest absolute Gasteiger partial charge is 0.744 e. The first-order chi connectivity index (χ1) is 20.4. The minimum Gasteiger partial charge on any atom is -0.744 e. The quantitative estimate of drug-likeness (QED) is 0.0496. The van der Waals surface area contributed by atoms with Crippen LogP contribution in [0.3, 0.4) is 0 Å². The van der Waals surface area contributed by atoms with Crippen LogP contribution in [0.2, 0.25) is 0 Å². The molecule has 0 N–H and O–H groups in total. The molecule has 246 valence electrons. The molecule has 0 spiro atoms. The minimum atomic E-state index is -4.49. The SMILES string of the molecule is CCCCCCCCCC[N+](CCCCCCCCCC)(CCCCCCCCCC)Cc1ccccc1S(=O)(=O)[O-]. The molecule has 1 aromatic rings. The van der Waals surface area contributed by atoms with Crippen molar-refractivity contribution in [2.45, 2.75) is 186 Å². The molecule has 0 aliphatic rings. The Hall–Kier alpha value is -0.910. The van der Waals surface area contributed by atoms with Crippen LogP contribution in [0, 0.1) is 0 Å². The summed E-state index contributed by atoms with van der Waals surface area (Å²) in [7, 11) is -4.49. The zero-order chi connectivity index (χ0) is 30.8. The van der Waals surface area contributed by atoms with Crippen molar-refractivity contribution >= 4 is 10.1 Å². The van der Waals surface area contributed by atoms with Crippen molar-refractivity contribution in [3.8, 4) is 0 Å². The number of hydrogen-bond donors (Lipinski definition) is 0. The summed E-state index contributed by atoms with van der Waals surface area (Å²) in [5, 5.41) is 0. The maximum absolute atomic E-state index is 12.2. The van der Waals surface area contributed by atoms with Crippen LogP contribution in [0.4, 0.5) is 0 Å². The first kappa shape index (κ1) is 39.1. The predicted molar refractivity (Wildman–Crippen MR) is 181 cm³/mol. The zero-order valence-electron chi connectivity index (χ0n) is 28.2. The molecule has 5 heteroatoms. The van der Waals surface area contributed by atoms with Gasteiger partial charge in [0.1, 0.15) is 16.7 Å². The molecule has 0 aliphatic carbocycles. The van der Waals surface area contributed by atoms with Crippen LogP contribution in [0.5, 0.6) is 0 Å². The molecule has 0 saturated heterocycles. The first-order valence-electron chi connectivity index (χ1n) is 18.3. The number of unbranched alkanes of at least 4 members (excludes halogenated alkanes) is 21. The molecule has 0 bridgehead atoms. The highest BCUT2D eigenvalue weighted by Crippen LogP contribution is 2.26. The van der Waals surface area contributed by atoms with E-state index in [0.717, 1.165) is 29.7 Å². The van der Waals surface area contributed by atoms with E-state index in [1.165, 1.54) is 160 Å². The fourth-order valence-electron chi connectivity index (χ4n) is 6.56. The van der Waals surface area contributed by atoms with Gasteiger partial charge in [0.05, 0.1) is 24.5 Å². The third kappa shape index (κ3) is 19.4. The maximum atomic E-state index is 12.2. The van der Waals surface area contributed by atoms with E-state index in [1.807, 2.05) is 12.1 Å². The molecule has 0 aromatic heterocycles. The molecule has 0 atom stereocenters. The van der Waals surface area contributed by atoms with Crippen molar-refractivity contribution in [2.75, 3.05) is 19.6 Å². The van der Waals surface area contributed by atoms with E-state index in [9.17, 15) is 13.0 Å². The van der Waals surface area contributed by atoms with E-state index < -0.39 is 10.1 Å². The van der Waals surface area contributed by atoms with Gasteiger partial charge in [0, 0.05) is 5.56 Å². The fourth-order valence-corrected chi connectivity index (χ4v) is 7.25. The summed E-state index contributed by atoms with van der Waals surface area (Å²) in [4.78, 5) is -0.00438. The fraction of sp³-hybridized carbons (Fsp3) is 0.838. The van der Waals surface area contributed by atoms with Gasteiger partial charge >= 0.3 is 0 Å². The van der Waals surface area contributed by atoms with Crippen LogP contribution >= 0.6 is 0 Å². The van der Waals surface area contributed by atoms with Crippen LogP contribution in [0.15, 0.2) is 29.2 Å². The number of nitrogens with zero attached hydrogens (tertiary/aromatic N) is 1. The van der Waals surface area contributed by atoms with Gasteiger partial charge in [-0.3, -0.25) is 0 Å². The Kier molecular flexibility index (Phi) is 23.7. The molecule has 1 rings (SSSR count). The molecule has 0 amide bonds. The van der Waals surface area contributed by atoms with Crippen LogP contribution in [0.25, 0.3) is 0 Å². The molecule has 0 radical (unpaired) electrons. The van der Waals surface area contributed by atoms with Gasteiger partial charge in [-0.1, -0.05) is 155 Å². The summed E-state index contributed by atoms with van der Waals surface area (Å²) in [5.41, 5.74) is 0.728. The Morgan fingerprint density at radius 2 is 0.810 bits per heavy atom. The third-order valence-corrected chi connectivity index (χ3v) is 10.1. The van der Waals surface area contributed by atoms with Crippen molar-refractivity contribution in [1.29, 1.82) is 0 Å². The highest BCUT2D eigenvalue weighted by molar-refractivity contribution is 7.85. The molecule has 0 unspecified atom stereocenters. The normalized spacial score (nSPS) is 12.3. The van der Waals surface area contributed by atoms with E-state index in [4.69, 9.17) is 0 Å². The lowest BCUT2D eigenvalue weighted by atomic mass is 10.0. The number of benzene rings is 1. The molecule has 0 fully saturated rings. The number of hydrogen-bond acceptors (Lipinski definition) is 3. The van der Waals surface area contributed by atoms with E-state index >= 15 is 0 Å². The molecule has 0 aliphatic heterocycles.